The van der Waals surface area contributed by atoms with Gasteiger partial charge < -0.3 is 9.72 Å². The highest BCUT2D eigenvalue weighted by Crippen LogP contribution is 2.27. The molecule has 0 bridgehead atoms. The second kappa shape index (κ2) is 8.78. The first-order valence-electron chi connectivity index (χ1n) is 10.1. The predicted molar refractivity (Wildman–Crippen MR) is 102 cm³/mol. The molecule has 26 heavy (non-hydrogen) atoms. The second-order valence-corrected chi connectivity index (χ2v) is 7.84. The first-order chi connectivity index (χ1) is 12.8. The van der Waals surface area contributed by atoms with Gasteiger partial charge in [-0.05, 0) is 37.4 Å². The molecule has 1 atom stereocenters. The van der Waals surface area contributed by atoms with Crippen molar-refractivity contribution in [2.24, 2.45) is 5.92 Å². The summed E-state index contributed by atoms with van der Waals surface area (Å²) in [5.74, 6) is 2.01. The summed E-state index contributed by atoms with van der Waals surface area (Å²) in [5, 5.41) is 0. The summed E-state index contributed by atoms with van der Waals surface area (Å²) in [6, 6.07) is 5.98. The Hall–Kier alpha value is -1.72. The average molecular weight is 354 g/mol. The molecule has 1 aliphatic carbocycles. The van der Waals surface area contributed by atoms with Gasteiger partial charge in [0.1, 0.15) is 5.82 Å². The van der Waals surface area contributed by atoms with E-state index in [2.05, 4.69) is 19.9 Å². The maximum atomic E-state index is 6.10. The number of ether oxygens (including phenoxy) is 1. The number of aromatic nitrogens is 3. The van der Waals surface area contributed by atoms with Crippen molar-refractivity contribution < 1.29 is 4.74 Å². The highest BCUT2D eigenvalue weighted by Gasteiger charge is 2.22. The van der Waals surface area contributed by atoms with Crippen LogP contribution in [0.3, 0.4) is 0 Å². The molecule has 5 heteroatoms. The molecule has 4 rings (SSSR count). The summed E-state index contributed by atoms with van der Waals surface area (Å²) < 4.78 is 6.10. The van der Waals surface area contributed by atoms with Crippen LogP contribution >= 0.6 is 0 Å². The van der Waals surface area contributed by atoms with Crippen molar-refractivity contribution in [2.45, 2.75) is 64.2 Å². The molecular weight excluding hydrogens is 324 g/mol. The van der Waals surface area contributed by atoms with Crippen molar-refractivity contribution in [2.75, 3.05) is 13.1 Å². The van der Waals surface area contributed by atoms with Crippen LogP contribution in [0.1, 0.15) is 55.7 Å². The number of hydrogen-bond acceptors (Lipinski definition) is 4. The lowest BCUT2D eigenvalue weighted by atomic mass is 10.0. The van der Waals surface area contributed by atoms with E-state index >= 15 is 0 Å². The molecule has 0 radical (unpaired) electrons. The molecule has 2 aromatic heterocycles. The molecule has 5 nitrogen and oxygen atoms in total. The first-order valence-corrected chi connectivity index (χ1v) is 10.1. The van der Waals surface area contributed by atoms with Crippen molar-refractivity contribution in [3.05, 3.63) is 47.8 Å². The highest BCUT2D eigenvalue weighted by atomic mass is 16.5. The van der Waals surface area contributed by atoms with E-state index in [4.69, 9.17) is 4.74 Å². The van der Waals surface area contributed by atoms with Crippen LogP contribution in [0.25, 0.3) is 0 Å². The minimum Gasteiger partial charge on any atom is -0.371 e. The monoisotopic (exact) mass is 354 g/mol. The average Bonchev–Trinajstić information content (AvgIpc) is 3.34. The third-order valence-corrected chi connectivity index (χ3v) is 5.69. The van der Waals surface area contributed by atoms with Gasteiger partial charge in [-0.2, -0.15) is 0 Å². The molecule has 140 valence electrons. The van der Waals surface area contributed by atoms with E-state index in [1.807, 2.05) is 30.6 Å². The van der Waals surface area contributed by atoms with Crippen LogP contribution in [-0.2, 0) is 24.3 Å². The van der Waals surface area contributed by atoms with E-state index in [0.29, 0.717) is 12.7 Å². The standard InChI is InChI=1S/C21H30N4O/c1-2-7-17(6-1)12-21-23-13-19(24-21)14-25-11-5-9-20(15-25)26-16-18-8-3-4-10-22-18/h3-4,8,10,13,17,20H,1-2,5-7,9,11-12,14-16H2,(H,23,24)/t20-/m1/s1. The number of nitrogens with one attached hydrogen (secondary N) is 1. The predicted octanol–water partition coefficient (Wildman–Crippen LogP) is 3.72. The van der Waals surface area contributed by atoms with Gasteiger partial charge in [0.15, 0.2) is 0 Å². The van der Waals surface area contributed by atoms with Gasteiger partial charge in [0, 0.05) is 37.6 Å². The van der Waals surface area contributed by atoms with E-state index in [1.165, 1.54) is 43.6 Å². The zero-order chi connectivity index (χ0) is 17.6. The number of likely N-dealkylation sites (tertiary alicyclic amines) is 1. The Bertz CT molecular complexity index is 666. The largest absolute Gasteiger partial charge is 0.371 e. The molecule has 1 saturated carbocycles. The molecule has 2 aromatic rings. The van der Waals surface area contributed by atoms with Crippen molar-refractivity contribution in [3.63, 3.8) is 0 Å². The van der Waals surface area contributed by atoms with Gasteiger partial charge in [0.25, 0.3) is 0 Å². The molecule has 1 aliphatic heterocycles. The molecule has 1 N–H and O–H groups in total. The Morgan fingerprint density at radius 3 is 2.88 bits per heavy atom. The topological polar surface area (TPSA) is 54.0 Å². The van der Waals surface area contributed by atoms with Crippen LogP contribution < -0.4 is 0 Å². The quantitative estimate of drug-likeness (QED) is 0.823. The van der Waals surface area contributed by atoms with Gasteiger partial charge in [-0.25, -0.2) is 4.98 Å². The number of H-pyrrole nitrogens is 1. The fourth-order valence-corrected chi connectivity index (χ4v) is 4.30. The number of nitrogens with zero attached hydrogens (tertiary/aromatic N) is 3. The number of aromatic amines is 1. The Morgan fingerprint density at radius 2 is 2.04 bits per heavy atom. The lowest BCUT2D eigenvalue weighted by Crippen LogP contribution is -2.39. The maximum absolute atomic E-state index is 6.10. The molecular formula is C21H30N4O. The fraction of sp³-hybridized carbons (Fsp3) is 0.619. The Labute approximate surface area is 156 Å². The summed E-state index contributed by atoms with van der Waals surface area (Å²) in [6.07, 6.45) is 13.1. The fourth-order valence-electron chi connectivity index (χ4n) is 4.30. The maximum Gasteiger partial charge on any atom is 0.106 e. The lowest BCUT2D eigenvalue weighted by Gasteiger charge is -2.32. The van der Waals surface area contributed by atoms with E-state index in [1.54, 1.807) is 0 Å². The summed E-state index contributed by atoms with van der Waals surface area (Å²) in [6.45, 7) is 3.68. The number of pyridine rings is 1. The van der Waals surface area contributed by atoms with Crippen LogP contribution in [0.4, 0.5) is 0 Å². The SMILES string of the molecule is c1ccc(CO[C@@H]2CCCN(Cc3cnc(CC4CCCC4)[nH]3)C2)nc1. The molecule has 1 saturated heterocycles. The molecule has 0 aromatic carbocycles. The van der Waals surface area contributed by atoms with Gasteiger partial charge in [-0.15, -0.1) is 0 Å². The molecule has 3 heterocycles. The van der Waals surface area contributed by atoms with Crippen LogP contribution in [-0.4, -0.2) is 39.0 Å². The number of imidazole rings is 1. The molecule has 0 spiro atoms. The number of piperidine rings is 1. The Kier molecular flexibility index (Phi) is 5.97. The Balaban J connectivity index is 1.24. The van der Waals surface area contributed by atoms with Crippen molar-refractivity contribution in [1.29, 1.82) is 0 Å². The van der Waals surface area contributed by atoms with Gasteiger partial charge in [0.05, 0.1) is 18.4 Å². The van der Waals surface area contributed by atoms with Crippen LogP contribution in [0.15, 0.2) is 30.6 Å². The van der Waals surface area contributed by atoms with Gasteiger partial charge in [-0.3, -0.25) is 9.88 Å². The van der Waals surface area contributed by atoms with Crippen molar-refractivity contribution in [3.8, 4) is 0 Å². The second-order valence-electron chi connectivity index (χ2n) is 7.84. The lowest BCUT2D eigenvalue weighted by molar-refractivity contribution is -0.0135. The molecule has 0 unspecified atom stereocenters. The zero-order valence-corrected chi connectivity index (χ0v) is 15.6. The van der Waals surface area contributed by atoms with Crippen LogP contribution in [0.5, 0.6) is 0 Å². The summed E-state index contributed by atoms with van der Waals surface area (Å²) >= 11 is 0. The third kappa shape index (κ3) is 4.92. The minimum absolute atomic E-state index is 0.298. The van der Waals surface area contributed by atoms with Crippen molar-refractivity contribution in [1.82, 2.24) is 19.9 Å². The highest BCUT2D eigenvalue weighted by molar-refractivity contribution is 5.03. The molecule has 2 fully saturated rings. The van der Waals surface area contributed by atoms with E-state index in [0.717, 1.165) is 44.1 Å². The summed E-state index contributed by atoms with van der Waals surface area (Å²) in [4.78, 5) is 15.0. The van der Waals surface area contributed by atoms with Crippen LogP contribution in [0.2, 0.25) is 0 Å². The van der Waals surface area contributed by atoms with E-state index < -0.39 is 0 Å². The number of rotatable bonds is 7. The van der Waals surface area contributed by atoms with E-state index in [9.17, 15) is 0 Å². The van der Waals surface area contributed by atoms with E-state index in [-0.39, 0.29) is 0 Å². The van der Waals surface area contributed by atoms with Gasteiger partial charge >= 0.3 is 0 Å². The minimum atomic E-state index is 0.298. The van der Waals surface area contributed by atoms with Gasteiger partial charge in [-0.1, -0.05) is 31.7 Å². The summed E-state index contributed by atoms with van der Waals surface area (Å²) in [7, 11) is 0. The first kappa shape index (κ1) is 17.7. The Morgan fingerprint density at radius 1 is 1.12 bits per heavy atom. The molecule has 0 amide bonds. The normalized spacial score (nSPS) is 22.1. The van der Waals surface area contributed by atoms with Gasteiger partial charge in [0.2, 0.25) is 0 Å². The third-order valence-electron chi connectivity index (χ3n) is 5.69. The van der Waals surface area contributed by atoms with Crippen LogP contribution in [0, 0.1) is 5.92 Å². The zero-order valence-electron chi connectivity index (χ0n) is 15.6. The molecule has 2 aliphatic rings. The number of hydrogen-bond donors (Lipinski definition) is 1. The van der Waals surface area contributed by atoms with Crippen molar-refractivity contribution >= 4 is 0 Å². The smallest absolute Gasteiger partial charge is 0.106 e. The summed E-state index contributed by atoms with van der Waals surface area (Å²) in [5.41, 5.74) is 2.25.